The van der Waals surface area contributed by atoms with Gasteiger partial charge in [0.2, 0.25) is 0 Å². The zero-order valence-corrected chi connectivity index (χ0v) is 20.9. The van der Waals surface area contributed by atoms with Crippen LogP contribution in [0, 0.1) is 0 Å². The molecule has 0 saturated heterocycles. The maximum atomic E-state index is 13.5. The van der Waals surface area contributed by atoms with Crippen LogP contribution in [0.5, 0.6) is 0 Å². The fraction of sp³-hybridized carbons (Fsp3) is 1.00. The van der Waals surface area contributed by atoms with Crippen LogP contribution < -0.4 is 29.6 Å². The van der Waals surface area contributed by atoms with Crippen molar-refractivity contribution in [3.05, 3.63) is 0 Å². The minimum absolute atomic E-state index is 0. The third kappa shape index (κ3) is 4.97. The molecule has 248 valence electrons. The van der Waals surface area contributed by atoms with Crippen molar-refractivity contribution in [3.63, 3.8) is 0 Å². The molecule has 0 atom stereocenters. The topological polar surface area (TPSA) is 57.2 Å². The molecular formula is C12F25NaO3S. The van der Waals surface area contributed by atoms with Gasteiger partial charge in [0.05, 0.1) is 0 Å². The van der Waals surface area contributed by atoms with Gasteiger partial charge in [0.25, 0.3) is 0 Å². The molecule has 0 radical (unpaired) electrons. The van der Waals surface area contributed by atoms with Crippen LogP contribution in [0.25, 0.3) is 0 Å². The van der Waals surface area contributed by atoms with Crippen LogP contribution in [0.4, 0.5) is 110 Å². The van der Waals surface area contributed by atoms with E-state index in [1.807, 2.05) is 0 Å². The molecule has 0 saturated carbocycles. The molecule has 0 bridgehead atoms. The van der Waals surface area contributed by atoms with Crippen LogP contribution >= 0.6 is 0 Å². The maximum Gasteiger partial charge on any atom is 1.00 e. The quantitative estimate of drug-likeness (QED) is 0.140. The van der Waals surface area contributed by atoms with Crippen molar-refractivity contribution < 1.29 is 152 Å². The van der Waals surface area contributed by atoms with E-state index in [1.54, 1.807) is 0 Å². The molecule has 0 aromatic heterocycles. The Kier molecular flexibility index (Phi) is 10.7. The van der Waals surface area contributed by atoms with Gasteiger partial charge in [-0.15, -0.1) is 0 Å². The van der Waals surface area contributed by atoms with E-state index >= 15 is 0 Å². The number of rotatable bonds is 11. The van der Waals surface area contributed by atoms with E-state index in [-0.39, 0.29) is 29.6 Å². The van der Waals surface area contributed by atoms with Gasteiger partial charge in [0.15, 0.2) is 10.1 Å². The Labute approximate surface area is 233 Å². The van der Waals surface area contributed by atoms with Gasteiger partial charge < -0.3 is 4.55 Å². The van der Waals surface area contributed by atoms with E-state index in [2.05, 4.69) is 0 Å². The smallest absolute Gasteiger partial charge is 0.743 e. The van der Waals surface area contributed by atoms with Gasteiger partial charge in [-0.25, -0.2) is 8.42 Å². The Bertz CT molecular complexity index is 1100. The molecule has 42 heavy (non-hydrogen) atoms. The van der Waals surface area contributed by atoms with Crippen LogP contribution in [0.1, 0.15) is 0 Å². The summed E-state index contributed by atoms with van der Waals surface area (Å²) in [6.07, 6.45) is -8.23. The second-order valence-corrected chi connectivity index (χ2v) is 8.63. The van der Waals surface area contributed by atoms with Crippen molar-refractivity contribution in [1.29, 1.82) is 0 Å². The van der Waals surface area contributed by atoms with Gasteiger partial charge in [0, 0.05) is 0 Å². The van der Waals surface area contributed by atoms with Gasteiger partial charge in [-0.05, 0) is 0 Å². The second kappa shape index (κ2) is 10.3. The van der Waals surface area contributed by atoms with Crippen LogP contribution in [0.2, 0.25) is 0 Å². The zero-order chi connectivity index (χ0) is 34.5. The monoisotopic (exact) mass is 725 g/mol. The summed E-state index contributed by atoms with van der Waals surface area (Å²) in [6, 6.07) is 0. The molecule has 0 unspecified atom stereocenters. The summed E-state index contributed by atoms with van der Waals surface area (Å²) in [5, 5.41) is -8.33. The van der Waals surface area contributed by atoms with Crippen molar-refractivity contribution in [3.8, 4) is 0 Å². The Hall–Kier alpha value is -0.840. The maximum absolute atomic E-state index is 13.5. The minimum Gasteiger partial charge on any atom is -0.743 e. The number of alkyl halides is 25. The Morgan fingerprint density at radius 2 is 0.452 bits per heavy atom. The van der Waals surface area contributed by atoms with Crippen LogP contribution in [-0.2, 0) is 10.1 Å². The van der Waals surface area contributed by atoms with Gasteiger partial charge in [-0.3, -0.25) is 0 Å². The Morgan fingerprint density at radius 3 is 0.595 bits per heavy atom. The average molecular weight is 725 g/mol. The van der Waals surface area contributed by atoms with Crippen molar-refractivity contribution in [2.45, 2.75) is 70.7 Å². The van der Waals surface area contributed by atoms with E-state index in [0.717, 1.165) is 0 Å². The number of halogens is 25. The zero-order valence-electron chi connectivity index (χ0n) is 18.1. The first-order valence-electron chi connectivity index (χ1n) is 8.18. The number of hydrogen-bond donors (Lipinski definition) is 0. The standard InChI is InChI=1S/C12HF25O3S.Na/c13-1(14,3(17,18)5(21,22)7(25,26)9(29,30)11(33,34)35)2(15,16)4(19,20)6(23,24)8(27,28)10(31,32)12(36,37)41(38,39)40;/h(H,38,39,40);/q;+1/p-1/i8+1,10+1,12+1;. The van der Waals surface area contributed by atoms with Crippen LogP contribution in [0.15, 0.2) is 0 Å². The largest absolute Gasteiger partial charge is 1.00 e. The summed E-state index contributed by atoms with van der Waals surface area (Å²) in [5.41, 5.74) is 0. The summed E-state index contributed by atoms with van der Waals surface area (Å²) >= 11 is 0. The molecule has 0 N–H and O–H groups in total. The van der Waals surface area contributed by atoms with Crippen LogP contribution in [0.3, 0.4) is 0 Å². The molecule has 0 aliphatic carbocycles. The van der Waals surface area contributed by atoms with Gasteiger partial charge in [0.1, 0.15) is 0 Å². The van der Waals surface area contributed by atoms with Crippen molar-refractivity contribution >= 4 is 10.1 Å². The summed E-state index contributed by atoms with van der Waals surface area (Å²) < 4.78 is 356. The van der Waals surface area contributed by atoms with Gasteiger partial charge in [-0.1, -0.05) is 0 Å². The normalized spacial score (nSPS) is 16.8. The summed E-state index contributed by atoms with van der Waals surface area (Å²) in [4.78, 5) is 0. The molecule has 0 aliphatic rings. The fourth-order valence-electron chi connectivity index (χ4n) is 2.10. The Balaban J connectivity index is 0. The van der Waals surface area contributed by atoms with Gasteiger partial charge >= 0.3 is 100 Å². The molecule has 0 amide bonds. The predicted octanol–water partition coefficient (Wildman–Crippen LogP) is 4.04. The SMILES string of the molecule is O=S(=O)([O-])[13C](F)(F)[13C](F)(F)[13C](F)(F)C(F)(F)C(F)(F)C(F)(F)C(F)(F)C(F)(F)C(F)(F)C(F)(F)C(F)(F)C(F)(F)F.[Na+]. The van der Waals surface area contributed by atoms with E-state index in [0.29, 0.717) is 0 Å². The van der Waals surface area contributed by atoms with Crippen LogP contribution in [-0.4, -0.2) is 83.6 Å². The summed E-state index contributed by atoms with van der Waals surface area (Å²) in [6.45, 7) is 0. The molecule has 0 spiro atoms. The third-order valence-corrected chi connectivity index (χ3v) is 5.47. The average Bonchev–Trinajstić information content (AvgIpc) is 2.70. The predicted molar refractivity (Wildman–Crippen MR) is 70.2 cm³/mol. The molecule has 3 nitrogen and oxygen atoms in total. The molecule has 0 aromatic carbocycles. The molecule has 30 heteroatoms. The first-order valence-corrected chi connectivity index (χ1v) is 9.59. The van der Waals surface area contributed by atoms with E-state index in [9.17, 15) is 123 Å². The van der Waals surface area contributed by atoms with Crippen molar-refractivity contribution in [1.82, 2.24) is 0 Å². The summed E-state index contributed by atoms with van der Waals surface area (Å²) in [5.74, 6) is -94.2. The van der Waals surface area contributed by atoms with Crippen molar-refractivity contribution in [2.24, 2.45) is 0 Å². The van der Waals surface area contributed by atoms with Crippen molar-refractivity contribution in [2.75, 3.05) is 0 Å². The molecular weight excluding hydrogens is 725 g/mol. The van der Waals surface area contributed by atoms with E-state index in [4.69, 9.17) is 0 Å². The van der Waals surface area contributed by atoms with E-state index in [1.165, 1.54) is 0 Å². The second-order valence-electron chi connectivity index (χ2n) is 7.21. The Morgan fingerprint density at radius 1 is 0.310 bits per heavy atom. The minimum atomic E-state index is -9.77. The first-order chi connectivity index (χ1) is 17.0. The number of hydrogen-bond acceptors (Lipinski definition) is 3. The molecule has 0 aliphatic heterocycles. The fourth-order valence-corrected chi connectivity index (χ4v) is 2.54. The first kappa shape index (κ1) is 43.3. The molecule has 0 aromatic rings. The third-order valence-electron chi connectivity index (χ3n) is 4.58. The molecule has 0 rings (SSSR count). The van der Waals surface area contributed by atoms with Gasteiger partial charge in [-0.2, -0.15) is 110 Å². The molecule has 0 fully saturated rings. The molecule has 0 heterocycles. The van der Waals surface area contributed by atoms with E-state index < -0.39 is 80.8 Å². The summed E-state index contributed by atoms with van der Waals surface area (Å²) in [7, 11) is -8.49.